The molecule has 0 aliphatic heterocycles. The number of thiol groups is 1. The topological polar surface area (TPSA) is 91.0 Å². The SMILES string of the molecule is CC(C)(S)[C@@H](N)C(=O)O.CO[SiH](OC)OC. The third kappa shape index (κ3) is 9.13. The molecular weight excluding hydrogens is 250 g/mol. The van der Waals surface area contributed by atoms with Gasteiger partial charge in [0.2, 0.25) is 0 Å². The van der Waals surface area contributed by atoms with E-state index >= 15 is 0 Å². The summed E-state index contributed by atoms with van der Waals surface area (Å²) < 4.78 is 13.6. The summed E-state index contributed by atoms with van der Waals surface area (Å²) in [5.41, 5.74) is 5.22. The van der Waals surface area contributed by atoms with Gasteiger partial charge in [0.1, 0.15) is 6.04 Å². The monoisotopic (exact) mass is 271 g/mol. The van der Waals surface area contributed by atoms with Gasteiger partial charge in [0.15, 0.2) is 0 Å². The van der Waals surface area contributed by atoms with Gasteiger partial charge in [-0.2, -0.15) is 12.6 Å². The van der Waals surface area contributed by atoms with Crippen LogP contribution in [0.15, 0.2) is 0 Å². The van der Waals surface area contributed by atoms with Crippen LogP contribution in [0.1, 0.15) is 13.8 Å². The van der Waals surface area contributed by atoms with E-state index in [-0.39, 0.29) is 0 Å². The quantitative estimate of drug-likeness (QED) is 0.472. The summed E-state index contributed by atoms with van der Waals surface area (Å²) in [5, 5.41) is 8.34. The van der Waals surface area contributed by atoms with Gasteiger partial charge in [-0.1, -0.05) is 0 Å². The number of hydrogen-bond acceptors (Lipinski definition) is 6. The zero-order valence-corrected chi connectivity index (χ0v) is 12.3. The Hall–Kier alpha value is -0.123. The summed E-state index contributed by atoms with van der Waals surface area (Å²) in [6.45, 7) is 3.32. The highest BCUT2D eigenvalue weighted by Gasteiger charge is 2.27. The van der Waals surface area contributed by atoms with Gasteiger partial charge < -0.3 is 24.1 Å². The fourth-order valence-electron chi connectivity index (χ4n) is 0.591. The lowest BCUT2D eigenvalue weighted by molar-refractivity contribution is -0.139. The maximum atomic E-state index is 10.2. The highest BCUT2D eigenvalue weighted by atomic mass is 32.1. The minimum Gasteiger partial charge on any atom is -0.480 e. The largest absolute Gasteiger partial charge is 0.483 e. The molecule has 0 unspecified atom stereocenters. The van der Waals surface area contributed by atoms with Crippen molar-refractivity contribution in [2.75, 3.05) is 21.3 Å². The van der Waals surface area contributed by atoms with Crippen molar-refractivity contribution in [3.8, 4) is 0 Å². The Morgan fingerprint density at radius 3 is 1.62 bits per heavy atom. The van der Waals surface area contributed by atoms with E-state index in [0.29, 0.717) is 0 Å². The molecule has 0 aromatic heterocycles. The Kier molecular flexibility index (Phi) is 10.2. The van der Waals surface area contributed by atoms with Crippen LogP contribution in [-0.2, 0) is 18.1 Å². The molecule has 0 saturated heterocycles. The average molecular weight is 271 g/mol. The lowest BCUT2D eigenvalue weighted by Gasteiger charge is -2.21. The van der Waals surface area contributed by atoms with Crippen molar-refractivity contribution in [1.29, 1.82) is 0 Å². The van der Waals surface area contributed by atoms with Crippen molar-refractivity contribution in [2.24, 2.45) is 5.73 Å². The Bertz CT molecular complexity index is 190. The number of rotatable bonds is 5. The van der Waals surface area contributed by atoms with Gasteiger partial charge >= 0.3 is 15.5 Å². The molecule has 0 aliphatic carbocycles. The predicted molar refractivity (Wildman–Crippen MR) is 66.9 cm³/mol. The van der Waals surface area contributed by atoms with Gasteiger partial charge in [-0.25, -0.2) is 0 Å². The van der Waals surface area contributed by atoms with Crippen LogP contribution >= 0.6 is 12.6 Å². The second-order valence-corrected chi connectivity index (χ2v) is 6.61. The van der Waals surface area contributed by atoms with E-state index in [2.05, 4.69) is 12.6 Å². The summed E-state index contributed by atoms with van der Waals surface area (Å²) in [7, 11) is 3.05. The van der Waals surface area contributed by atoms with Crippen LogP contribution < -0.4 is 5.73 Å². The molecule has 98 valence electrons. The molecule has 16 heavy (non-hydrogen) atoms. The normalized spacial score (nSPS) is 13.0. The highest BCUT2D eigenvalue weighted by molar-refractivity contribution is 7.81. The molecule has 8 heteroatoms. The Labute approximate surface area is 103 Å². The Morgan fingerprint density at radius 1 is 1.31 bits per heavy atom. The van der Waals surface area contributed by atoms with Crippen molar-refractivity contribution in [3.63, 3.8) is 0 Å². The molecule has 0 aliphatic rings. The number of carbonyl (C=O) groups is 1. The number of carboxylic acid groups (broad SMARTS) is 1. The fourth-order valence-corrected chi connectivity index (χ4v) is 1.28. The first-order valence-corrected chi connectivity index (χ1v) is 6.36. The molecule has 0 saturated carbocycles. The van der Waals surface area contributed by atoms with Crippen molar-refractivity contribution in [3.05, 3.63) is 0 Å². The van der Waals surface area contributed by atoms with Crippen LogP contribution in [0.25, 0.3) is 0 Å². The molecule has 0 amide bonds. The summed E-state index contributed by atoms with van der Waals surface area (Å²) in [6, 6.07) is -0.902. The smallest absolute Gasteiger partial charge is 0.480 e. The zero-order chi connectivity index (χ0) is 13.4. The number of nitrogens with two attached hydrogens (primary N) is 1. The van der Waals surface area contributed by atoms with E-state index in [1.54, 1.807) is 35.2 Å². The first-order chi connectivity index (χ1) is 7.20. The molecule has 0 heterocycles. The van der Waals surface area contributed by atoms with Gasteiger partial charge in [-0.3, -0.25) is 4.79 Å². The Balaban J connectivity index is 0. The lowest BCUT2D eigenvalue weighted by atomic mass is 10.1. The van der Waals surface area contributed by atoms with Crippen LogP contribution in [0.5, 0.6) is 0 Å². The Morgan fingerprint density at radius 2 is 1.62 bits per heavy atom. The standard InChI is InChI=1S/C5H11NO2S.C3H10O3Si/c1-5(2,9)3(6)4(7)8;1-4-7(5-2)6-3/h3,9H,6H2,1-2H3,(H,7,8);7H,1-3H3/t3-;/m0./s1. The van der Waals surface area contributed by atoms with Gasteiger partial charge in [-0.05, 0) is 13.8 Å². The van der Waals surface area contributed by atoms with Crippen LogP contribution in [-0.4, -0.2) is 52.7 Å². The number of aliphatic carboxylic acids is 1. The predicted octanol–water partition coefficient (Wildman–Crippen LogP) is -0.250. The summed E-state index contributed by atoms with van der Waals surface area (Å²) in [4.78, 5) is 10.2. The minimum atomic E-state index is -1.67. The van der Waals surface area contributed by atoms with E-state index in [1.165, 1.54) is 0 Å². The van der Waals surface area contributed by atoms with Crippen molar-refractivity contribution < 1.29 is 23.2 Å². The molecule has 3 N–H and O–H groups in total. The van der Waals surface area contributed by atoms with E-state index < -0.39 is 26.3 Å². The molecule has 0 fully saturated rings. The zero-order valence-electron chi connectivity index (χ0n) is 10.3. The van der Waals surface area contributed by atoms with Crippen LogP contribution in [0.4, 0.5) is 0 Å². The van der Waals surface area contributed by atoms with E-state index in [0.717, 1.165) is 0 Å². The number of carboxylic acids is 1. The van der Waals surface area contributed by atoms with Crippen LogP contribution in [0, 0.1) is 0 Å². The molecule has 0 aromatic rings. The summed E-state index contributed by atoms with van der Waals surface area (Å²) >= 11 is 3.98. The van der Waals surface area contributed by atoms with E-state index in [1.807, 2.05) is 0 Å². The maximum Gasteiger partial charge on any atom is 0.483 e. The van der Waals surface area contributed by atoms with Crippen LogP contribution in [0.2, 0.25) is 0 Å². The molecule has 0 aromatic carbocycles. The van der Waals surface area contributed by atoms with Crippen molar-refractivity contribution >= 4 is 28.1 Å². The second-order valence-electron chi connectivity index (χ2n) is 3.47. The van der Waals surface area contributed by atoms with Crippen molar-refractivity contribution in [2.45, 2.75) is 24.6 Å². The minimum absolute atomic E-state index is 0.647. The molecule has 6 nitrogen and oxygen atoms in total. The van der Waals surface area contributed by atoms with Crippen molar-refractivity contribution in [1.82, 2.24) is 0 Å². The summed E-state index contributed by atoms with van der Waals surface area (Å²) in [6.07, 6.45) is 0. The molecular formula is C8H21NO5SSi. The first kappa shape index (κ1) is 18.2. The van der Waals surface area contributed by atoms with Crippen LogP contribution in [0.3, 0.4) is 0 Å². The second kappa shape index (κ2) is 8.96. The molecule has 1 atom stereocenters. The fraction of sp³-hybridized carbons (Fsp3) is 0.875. The first-order valence-electron chi connectivity index (χ1n) is 4.49. The van der Waals surface area contributed by atoms with E-state index in [4.69, 9.17) is 24.1 Å². The molecule has 0 radical (unpaired) electrons. The molecule has 0 bridgehead atoms. The van der Waals surface area contributed by atoms with Gasteiger partial charge in [0.25, 0.3) is 0 Å². The third-order valence-corrected chi connectivity index (χ3v) is 3.04. The maximum absolute atomic E-state index is 10.2. The van der Waals surface area contributed by atoms with Gasteiger partial charge in [0, 0.05) is 26.1 Å². The average Bonchev–Trinajstić information content (AvgIpc) is 2.19. The number of hydrogen-bond donors (Lipinski definition) is 3. The molecule has 0 rings (SSSR count). The lowest BCUT2D eigenvalue weighted by Crippen LogP contribution is -2.45. The highest BCUT2D eigenvalue weighted by Crippen LogP contribution is 2.15. The van der Waals surface area contributed by atoms with Gasteiger partial charge in [0.05, 0.1) is 0 Å². The van der Waals surface area contributed by atoms with Gasteiger partial charge in [-0.15, -0.1) is 0 Å². The summed E-state index contributed by atoms with van der Waals surface area (Å²) in [5.74, 6) is -1.02. The molecule has 0 spiro atoms. The third-order valence-electron chi connectivity index (χ3n) is 1.60. The van der Waals surface area contributed by atoms with E-state index in [9.17, 15) is 4.79 Å².